The van der Waals surface area contributed by atoms with E-state index in [0.717, 1.165) is 11.8 Å². The van der Waals surface area contributed by atoms with Crippen molar-refractivity contribution in [3.05, 3.63) is 60.4 Å². The Balaban J connectivity index is 2.00. The van der Waals surface area contributed by atoms with E-state index in [2.05, 4.69) is 16.0 Å². The van der Waals surface area contributed by atoms with Gasteiger partial charge in [0.1, 0.15) is 23.7 Å². The Morgan fingerprint density at radius 1 is 1.23 bits per heavy atom. The molecule has 2 aromatic heterocycles. The van der Waals surface area contributed by atoms with E-state index in [1.54, 1.807) is 48.5 Å². The summed E-state index contributed by atoms with van der Waals surface area (Å²) in [5.74, 6) is 0.752. The third kappa shape index (κ3) is 2.65. The normalized spacial score (nSPS) is 10.2. The number of imidazole rings is 1. The summed E-state index contributed by atoms with van der Waals surface area (Å²) < 4.78 is 19.8. The fraction of sp³-hybridized carbons (Fsp3) is 0.0625. The standard InChI is InChI=1S/C16H11FN4O/c1-22-14-5-11(7-18)4-12(6-14)15-9-21(10-20-15)16-3-2-13(17)8-19-16/h2-6,8-10H,1H3. The van der Waals surface area contributed by atoms with Crippen molar-refractivity contribution in [3.8, 4) is 28.9 Å². The van der Waals surface area contributed by atoms with Crippen LogP contribution in [0.25, 0.3) is 17.1 Å². The van der Waals surface area contributed by atoms with Gasteiger partial charge in [0.05, 0.1) is 30.6 Å². The van der Waals surface area contributed by atoms with Crippen LogP contribution in [0.1, 0.15) is 5.56 Å². The van der Waals surface area contributed by atoms with Gasteiger partial charge in [-0.1, -0.05) is 0 Å². The summed E-state index contributed by atoms with van der Waals surface area (Å²) in [7, 11) is 1.54. The van der Waals surface area contributed by atoms with E-state index in [-0.39, 0.29) is 0 Å². The Morgan fingerprint density at radius 3 is 2.77 bits per heavy atom. The van der Waals surface area contributed by atoms with Crippen molar-refractivity contribution in [2.75, 3.05) is 7.11 Å². The molecule has 0 atom stereocenters. The molecule has 3 rings (SSSR count). The second-order valence-corrected chi connectivity index (χ2v) is 4.56. The van der Waals surface area contributed by atoms with Gasteiger partial charge in [-0.05, 0) is 30.3 Å². The number of nitriles is 1. The lowest BCUT2D eigenvalue weighted by molar-refractivity contribution is 0.415. The molecule has 22 heavy (non-hydrogen) atoms. The molecular weight excluding hydrogens is 283 g/mol. The van der Waals surface area contributed by atoms with Crippen molar-refractivity contribution >= 4 is 0 Å². The topological polar surface area (TPSA) is 63.7 Å². The van der Waals surface area contributed by atoms with Gasteiger partial charge < -0.3 is 4.74 Å². The van der Waals surface area contributed by atoms with E-state index in [0.29, 0.717) is 22.8 Å². The average Bonchev–Trinajstić information content (AvgIpc) is 3.05. The predicted octanol–water partition coefficient (Wildman–Crippen LogP) is 2.95. The van der Waals surface area contributed by atoms with E-state index in [4.69, 9.17) is 10.00 Å². The highest BCUT2D eigenvalue weighted by molar-refractivity contribution is 5.63. The molecule has 3 aromatic rings. The van der Waals surface area contributed by atoms with E-state index >= 15 is 0 Å². The summed E-state index contributed by atoms with van der Waals surface area (Å²) in [5.41, 5.74) is 1.92. The van der Waals surface area contributed by atoms with Crippen molar-refractivity contribution in [2.24, 2.45) is 0 Å². The van der Waals surface area contributed by atoms with Crippen molar-refractivity contribution in [3.63, 3.8) is 0 Å². The van der Waals surface area contributed by atoms with Gasteiger partial charge in [0.15, 0.2) is 0 Å². The van der Waals surface area contributed by atoms with Crippen LogP contribution in [-0.2, 0) is 0 Å². The molecule has 2 heterocycles. The Labute approximate surface area is 126 Å². The van der Waals surface area contributed by atoms with E-state index in [9.17, 15) is 4.39 Å². The minimum atomic E-state index is -0.393. The second-order valence-electron chi connectivity index (χ2n) is 4.56. The molecule has 1 aromatic carbocycles. The van der Waals surface area contributed by atoms with Crippen LogP contribution in [-0.4, -0.2) is 21.6 Å². The maximum Gasteiger partial charge on any atom is 0.141 e. The van der Waals surface area contributed by atoms with Crippen LogP contribution in [0.15, 0.2) is 49.1 Å². The molecule has 6 heteroatoms. The molecule has 5 nitrogen and oxygen atoms in total. The van der Waals surface area contributed by atoms with Gasteiger partial charge in [-0.3, -0.25) is 4.57 Å². The van der Waals surface area contributed by atoms with Crippen LogP contribution in [0.5, 0.6) is 5.75 Å². The van der Waals surface area contributed by atoms with Crippen molar-refractivity contribution in [2.45, 2.75) is 0 Å². The lowest BCUT2D eigenvalue weighted by atomic mass is 10.1. The summed E-state index contributed by atoms with van der Waals surface area (Å²) in [6.07, 6.45) is 4.49. The SMILES string of the molecule is COc1cc(C#N)cc(-c2cn(-c3ccc(F)cn3)cn2)c1. The first-order chi connectivity index (χ1) is 10.7. The molecule has 0 N–H and O–H groups in total. The number of benzene rings is 1. The largest absolute Gasteiger partial charge is 0.497 e. The smallest absolute Gasteiger partial charge is 0.141 e. The number of rotatable bonds is 3. The molecule has 0 fully saturated rings. The highest BCUT2D eigenvalue weighted by atomic mass is 19.1. The molecule has 108 valence electrons. The maximum absolute atomic E-state index is 12.9. The van der Waals surface area contributed by atoms with E-state index in [1.165, 1.54) is 6.07 Å². The number of hydrogen-bond acceptors (Lipinski definition) is 4. The lowest BCUT2D eigenvalue weighted by Gasteiger charge is -2.03. The monoisotopic (exact) mass is 294 g/mol. The zero-order valence-electron chi connectivity index (χ0n) is 11.7. The van der Waals surface area contributed by atoms with Gasteiger partial charge in [0, 0.05) is 11.8 Å². The Bertz CT molecular complexity index is 849. The number of hydrogen-bond donors (Lipinski definition) is 0. The molecule has 0 aliphatic rings. The lowest BCUT2D eigenvalue weighted by Crippen LogP contribution is -1.93. The number of aromatic nitrogens is 3. The molecule has 0 saturated heterocycles. The van der Waals surface area contributed by atoms with Crippen molar-refractivity contribution < 1.29 is 9.13 Å². The number of nitrogens with zero attached hydrogens (tertiary/aromatic N) is 4. The van der Waals surface area contributed by atoms with Crippen LogP contribution >= 0.6 is 0 Å². The van der Waals surface area contributed by atoms with Crippen molar-refractivity contribution in [1.82, 2.24) is 14.5 Å². The highest BCUT2D eigenvalue weighted by Crippen LogP contribution is 2.25. The van der Waals surface area contributed by atoms with E-state index < -0.39 is 5.82 Å². The summed E-state index contributed by atoms with van der Waals surface area (Å²) in [6.45, 7) is 0. The maximum atomic E-state index is 12.9. The Hall–Kier alpha value is -3.20. The van der Waals surface area contributed by atoms with Crippen molar-refractivity contribution in [1.29, 1.82) is 5.26 Å². The predicted molar refractivity (Wildman–Crippen MR) is 78.0 cm³/mol. The molecule has 0 amide bonds. The molecular formula is C16H11FN4O. The number of halogens is 1. The fourth-order valence-electron chi connectivity index (χ4n) is 2.05. The van der Waals surface area contributed by atoms with Gasteiger partial charge in [0.2, 0.25) is 0 Å². The summed E-state index contributed by atoms with van der Waals surface area (Å²) in [4.78, 5) is 8.29. The minimum absolute atomic E-state index is 0.393. The van der Waals surface area contributed by atoms with Gasteiger partial charge in [-0.25, -0.2) is 14.4 Å². The highest BCUT2D eigenvalue weighted by Gasteiger charge is 2.08. The molecule has 0 unspecified atom stereocenters. The average molecular weight is 294 g/mol. The first kappa shape index (κ1) is 13.8. The van der Waals surface area contributed by atoms with Crippen LogP contribution in [0.4, 0.5) is 4.39 Å². The Kier molecular flexibility index (Phi) is 3.54. The zero-order chi connectivity index (χ0) is 15.5. The molecule has 0 aliphatic carbocycles. The molecule has 0 aliphatic heterocycles. The summed E-state index contributed by atoms with van der Waals surface area (Å²) in [6, 6.07) is 10.2. The first-order valence-corrected chi connectivity index (χ1v) is 6.45. The zero-order valence-corrected chi connectivity index (χ0v) is 11.7. The molecule has 0 saturated carbocycles. The Morgan fingerprint density at radius 2 is 2.09 bits per heavy atom. The fourth-order valence-corrected chi connectivity index (χ4v) is 2.05. The number of ether oxygens (including phenoxy) is 1. The van der Waals surface area contributed by atoms with Gasteiger partial charge >= 0.3 is 0 Å². The third-order valence-corrected chi connectivity index (χ3v) is 3.13. The second kappa shape index (κ2) is 5.66. The number of methoxy groups -OCH3 is 1. The van der Waals surface area contributed by atoms with Gasteiger partial charge in [-0.15, -0.1) is 0 Å². The minimum Gasteiger partial charge on any atom is -0.497 e. The van der Waals surface area contributed by atoms with Gasteiger partial charge in [-0.2, -0.15) is 5.26 Å². The number of pyridine rings is 1. The summed E-state index contributed by atoms with van der Waals surface area (Å²) >= 11 is 0. The van der Waals surface area contributed by atoms with Crippen LogP contribution in [0, 0.1) is 17.1 Å². The molecule has 0 bridgehead atoms. The summed E-state index contributed by atoms with van der Waals surface area (Å²) in [5, 5.41) is 9.06. The molecule has 0 radical (unpaired) electrons. The third-order valence-electron chi connectivity index (χ3n) is 3.13. The van der Waals surface area contributed by atoms with Crippen LogP contribution in [0.2, 0.25) is 0 Å². The quantitative estimate of drug-likeness (QED) is 0.745. The molecule has 0 spiro atoms. The van der Waals surface area contributed by atoms with Crippen LogP contribution in [0.3, 0.4) is 0 Å². The van der Waals surface area contributed by atoms with E-state index in [1.807, 2.05) is 0 Å². The van der Waals surface area contributed by atoms with Gasteiger partial charge in [0.25, 0.3) is 0 Å². The van der Waals surface area contributed by atoms with Crippen LogP contribution < -0.4 is 4.74 Å². The first-order valence-electron chi connectivity index (χ1n) is 6.45.